The van der Waals surface area contributed by atoms with Gasteiger partial charge in [0, 0.05) is 13.1 Å². The highest BCUT2D eigenvalue weighted by atomic mass is 16.6. The smallest absolute Gasteiger partial charge is 0.276 e. The topological polar surface area (TPSA) is 98.6 Å². The minimum absolute atomic E-state index is 0.0437. The summed E-state index contributed by atoms with van der Waals surface area (Å²) >= 11 is 0. The first-order chi connectivity index (χ1) is 12.2. The van der Waals surface area contributed by atoms with E-state index in [1.165, 1.54) is 4.90 Å². The molecule has 2 amide bonds. The van der Waals surface area contributed by atoms with Gasteiger partial charge in [0.25, 0.3) is 5.91 Å². The molecule has 1 saturated heterocycles. The van der Waals surface area contributed by atoms with Crippen LogP contribution in [0.25, 0.3) is 0 Å². The lowest BCUT2D eigenvalue weighted by atomic mass is 10.2. The van der Waals surface area contributed by atoms with Crippen LogP contribution < -0.4 is 14.8 Å². The number of nitrogens with zero attached hydrogens (tertiary/aromatic N) is 4. The quantitative estimate of drug-likeness (QED) is 0.821. The number of carbonyl (C=O) groups excluding carboxylic acids is 2. The third-order valence-electron chi connectivity index (χ3n) is 4.04. The highest BCUT2D eigenvalue weighted by Gasteiger charge is 2.26. The lowest BCUT2D eigenvalue weighted by Crippen LogP contribution is -2.50. The van der Waals surface area contributed by atoms with E-state index < -0.39 is 0 Å². The number of nitrogens with one attached hydrogen (secondary N) is 1. The van der Waals surface area contributed by atoms with E-state index in [0.29, 0.717) is 32.0 Å². The van der Waals surface area contributed by atoms with E-state index >= 15 is 0 Å². The van der Waals surface area contributed by atoms with E-state index in [9.17, 15) is 9.59 Å². The molecule has 3 heterocycles. The van der Waals surface area contributed by atoms with Gasteiger partial charge in [-0.3, -0.25) is 9.59 Å². The summed E-state index contributed by atoms with van der Waals surface area (Å²) in [6, 6.07) is 7.47. The number of hydrogen-bond donors (Lipinski definition) is 1. The Morgan fingerprint density at radius 1 is 1.32 bits per heavy atom. The zero-order valence-electron chi connectivity index (χ0n) is 13.4. The Bertz CT molecular complexity index is 805. The van der Waals surface area contributed by atoms with E-state index in [4.69, 9.17) is 9.47 Å². The maximum Gasteiger partial charge on any atom is 0.276 e. The van der Waals surface area contributed by atoms with Crippen LogP contribution in [0.1, 0.15) is 10.5 Å². The van der Waals surface area contributed by atoms with E-state index in [1.807, 2.05) is 24.3 Å². The number of aromatic nitrogens is 3. The Kier molecular flexibility index (Phi) is 3.96. The molecule has 1 fully saturated rings. The summed E-state index contributed by atoms with van der Waals surface area (Å²) < 4.78 is 13.1. The van der Waals surface area contributed by atoms with E-state index in [2.05, 4.69) is 15.6 Å². The number of benzene rings is 1. The fourth-order valence-electron chi connectivity index (χ4n) is 2.82. The van der Waals surface area contributed by atoms with Gasteiger partial charge in [0.2, 0.25) is 5.91 Å². The first kappa shape index (κ1) is 15.4. The average molecular weight is 343 g/mol. The molecule has 4 rings (SSSR count). The molecule has 1 N–H and O–H groups in total. The largest absolute Gasteiger partial charge is 0.486 e. The monoisotopic (exact) mass is 343 g/mol. The van der Waals surface area contributed by atoms with Gasteiger partial charge in [0.1, 0.15) is 6.61 Å². The highest BCUT2D eigenvalue weighted by Crippen LogP contribution is 2.31. The van der Waals surface area contributed by atoms with Crippen molar-refractivity contribution in [2.24, 2.45) is 0 Å². The zero-order chi connectivity index (χ0) is 17.2. The molecule has 2 aliphatic rings. The summed E-state index contributed by atoms with van der Waals surface area (Å²) in [6.45, 7) is 1.77. The standard InChI is InChI=1S/C16H17N5O4/c22-15-9-20(6-5-17-15)16(23)12-8-21(19-18-12)7-11-10-24-13-3-1-2-4-14(13)25-11/h1-4,8,11H,5-7,9-10H2,(H,17,22). The Morgan fingerprint density at radius 2 is 2.16 bits per heavy atom. The van der Waals surface area contributed by atoms with Crippen molar-refractivity contribution in [1.82, 2.24) is 25.2 Å². The molecule has 0 bridgehead atoms. The Labute approximate surface area is 143 Å². The fourth-order valence-corrected chi connectivity index (χ4v) is 2.82. The molecule has 2 aliphatic heterocycles. The second-order valence-corrected chi connectivity index (χ2v) is 5.90. The number of fused-ring (bicyclic) bond motifs is 1. The molecule has 0 aliphatic carbocycles. The number of ether oxygens (including phenoxy) is 2. The molecule has 25 heavy (non-hydrogen) atoms. The first-order valence-electron chi connectivity index (χ1n) is 8.03. The van der Waals surface area contributed by atoms with E-state index in [1.54, 1.807) is 10.9 Å². The van der Waals surface area contributed by atoms with E-state index in [-0.39, 0.29) is 30.2 Å². The zero-order valence-corrected chi connectivity index (χ0v) is 13.4. The lowest BCUT2D eigenvalue weighted by molar-refractivity contribution is -0.123. The van der Waals surface area contributed by atoms with Crippen molar-refractivity contribution in [3.8, 4) is 11.5 Å². The Hall–Kier alpha value is -3.10. The fraction of sp³-hybridized carbons (Fsp3) is 0.375. The molecule has 130 valence electrons. The molecule has 2 aromatic rings. The van der Waals surface area contributed by atoms with Gasteiger partial charge in [-0.05, 0) is 12.1 Å². The van der Waals surface area contributed by atoms with Crippen LogP contribution in [0.2, 0.25) is 0 Å². The van der Waals surface area contributed by atoms with Crippen LogP contribution in [-0.4, -0.2) is 64.1 Å². The summed E-state index contributed by atoms with van der Waals surface area (Å²) in [7, 11) is 0. The van der Waals surface area contributed by atoms with Crippen LogP contribution in [-0.2, 0) is 11.3 Å². The van der Waals surface area contributed by atoms with Crippen molar-refractivity contribution in [3.05, 3.63) is 36.2 Å². The minimum Gasteiger partial charge on any atom is -0.486 e. The Balaban J connectivity index is 1.40. The van der Waals surface area contributed by atoms with Gasteiger partial charge >= 0.3 is 0 Å². The van der Waals surface area contributed by atoms with Crippen LogP contribution in [0.3, 0.4) is 0 Å². The van der Waals surface area contributed by atoms with E-state index in [0.717, 1.165) is 5.75 Å². The summed E-state index contributed by atoms with van der Waals surface area (Å²) in [5, 5.41) is 10.6. The van der Waals surface area contributed by atoms with Crippen molar-refractivity contribution in [2.45, 2.75) is 12.6 Å². The van der Waals surface area contributed by atoms with Gasteiger partial charge in [-0.15, -0.1) is 5.10 Å². The summed E-state index contributed by atoms with van der Waals surface area (Å²) in [5.74, 6) is 0.941. The SMILES string of the molecule is O=C1CN(C(=O)c2cn(CC3COc4ccccc4O3)nn2)CCN1. The molecule has 0 spiro atoms. The summed E-state index contributed by atoms with van der Waals surface area (Å²) in [6.07, 6.45) is 1.35. The summed E-state index contributed by atoms with van der Waals surface area (Å²) in [5.41, 5.74) is 0.215. The molecule has 9 heteroatoms. The maximum absolute atomic E-state index is 12.4. The van der Waals surface area contributed by atoms with Crippen LogP contribution >= 0.6 is 0 Å². The van der Waals surface area contributed by atoms with Crippen LogP contribution in [0.5, 0.6) is 11.5 Å². The van der Waals surface area contributed by atoms with Gasteiger partial charge in [-0.2, -0.15) is 0 Å². The summed E-state index contributed by atoms with van der Waals surface area (Å²) in [4.78, 5) is 25.3. The predicted molar refractivity (Wildman–Crippen MR) is 85.3 cm³/mol. The molecule has 1 unspecified atom stereocenters. The maximum atomic E-state index is 12.4. The number of para-hydroxylation sites is 2. The predicted octanol–water partition coefficient (Wildman–Crippen LogP) is -0.310. The molecular weight excluding hydrogens is 326 g/mol. The molecule has 0 saturated carbocycles. The van der Waals surface area contributed by atoms with Crippen molar-refractivity contribution in [2.75, 3.05) is 26.2 Å². The number of rotatable bonds is 3. The van der Waals surface area contributed by atoms with Gasteiger partial charge in [0.05, 0.1) is 19.3 Å². The van der Waals surface area contributed by atoms with Gasteiger partial charge < -0.3 is 19.7 Å². The number of piperazine rings is 1. The van der Waals surface area contributed by atoms with Crippen LogP contribution in [0.15, 0.2) is 30.5 Å². The average Bonchev–Trinajstić information content (AvgIpc) is 3.09. The third-order valence-corrected chi connectivity index (χ3v) is 4.04. The molecular formula is C16H17N5O4. The third kappa shape index (κ3) is 3.25. The second kappa shape index (κ2) is 6.42. The number of carbonyl (C=O) groups is 2. The minimum atomic E-state index is -0.299. The van der Waals surface area contributed by atoms with Crippen molar-refractivity contribution < 1.29 is 19.1 Å². The molecule has 1 aromatic carbocycles. The lowest BCUT2D eigenvalue weighted by Gasteiger charge is -2.26. The number of amides is 2. The van der Waals surface area contributed by atoms with Crippen molar-refractivity contribution >= 4 is 11.8 Å². The first-order valence-corrected chi connectivity index (χ1v) is 8.03. The normalized spacial score (nSPS) is 19.4. The second-order valence-electron chi connectivity index (χ2n) is 5.90. The molecule has 9 nitrogen and oxygen atoms in total. The molecule has 0 radical (unpaired) electrons. The van der Waals surface area contributed by atoms with Crippen LogP contribution in [0.4, 0.5) is 0 Å². The van der Waals surface area contributed by atoms with Gasteiger partial charge in [-0.1, -0.05) is 17.3 Å². The highest BCUT2D eigenvalue weighted by molar-refractivity contribution is 5.95. The van der Waals surface area contributed by atoms with Crippen molar-refractivity contribution in [1.29, 1.82) is 0 Å². The van der Waals surface area contributed by atoms with Gasteiger partial charge in [-0.25, -0.2) is 4.68 Å². The number of hydrogen-bond acceptors (Lipinski definition) is 6. The molecule has 1 atom stereocenters. The Morgan fingerprint density at radius 3 is 3.00 bits per heavy atom. The molecule has 1 aromatic heterocycles. The van der Waals surface area contributed by atoms with Crippen LogP contribution in [0, 0.1) is 0 Å². The van der Waals surface area contributed by atoms with Crippen molar-refractivity contribution in [3.63, 3.8) is 0 Å². The van der Waals surface area contributed by atoms with Gasteiger partial charge in [0.15, 0.2) is 23.3 Å².